The van der Waals surface area contributed by atoms with E-state index in [0.717, 1.165) is 5.56 Å². The number of halogens is 1. The van der Waals surface area contributed by atoms with E-state index in [1.807, 2.05) is 31.5 Å². The molecule has 1 aromatic heterocycles. The monoisotopic (exact) mass is 344 g/mol. The molecule has 3 nitrogen and oxygen atoms in total. The predicted molar refractivity (Wildman–Crippen MR) is 96.1 cm³/mol. The van der Waals surface area contributed by atoms with Gasteiger partial charge < -0.3 is 17.6 Å². The fourth-order valence-electron chi connectivity index (χ4n) is 2.16. The summed E-state index contributed by atoms with van der Waals surface area (Å²) in [6, 6.07) is 9.96. The third-order valence-electron chi connectivity index (χ3n) is 3.26. The minimum absolute atomic E-state index is 0.116. The highest BCUT2D eigenvalue weighted by atomic mass is 35.5. The molecule has 0 aliphatic heterocycles. The number of carbonyl (C=O) groups is 1. The van der Waals surface area contributed by atoms with Gasteiger partial charge in [0.2, 0.25) is 11.8 Å². The number of ketones is 1. The van der Waals surface area contributed by atoms with Gasteiger partial charge in [0.1, 0.15) is 0 Å². The Bertz CT molecular complexity index is 741. The predicted octanol–water partition coefficient (Wildman–Crippen LogP) is 3.49. The lowest BCUT2D eigenvalue weighted by Crippen LogP contribution is -2.47. The molecule has 1 atom stereocenters. The third kappa shape index (κ3) is 4.47. The van der Waals surface area contributed by atoms with Gasteiger partial charge in [-0.2, -0.15) is 4.57 Å². The van der Waals surface area contributed by atoms with Gasteiger partial charge in [0, 0.05) is 22.2 Å². The standard InChI is InChI=1S/C18H17ClN2OS/c1-3-10-20-18(23)16(21-11-4-5-13(2)12-21)17(22)14-6-8-15(19)9-7-14/h3-9,11-12,16H,1,10H2,2H3/t16-/m1/s1. The largest absolute Gasteiger partial charge is 0.758 e. The quantitative estimate of drug-likeness (QED) is 0.201. The van der Waals surface area contributed by atoms with Crippen LogP contribution in [0.2, 0.25) is 5.02 Å². The van der Waals surface area contributed by atoms with Crippen molar-refractivity contribution in [2.45, 2.75) is 13.0 Å². The molecule has 0 spiro atoms. The Morgan fingerprint density at radius 2 is 2.09 bits per heavy atom. The number of carbonyl (C=O) groups excluding carboxylic acids is 1. The van der Waals surface area contributed by atoms with E-state index >= 15 is 0 Å². The zero-order valence-corrected chi connectivity index (χ0v) is 14.3. The maximum atomic E-state index is 12.9. The topological polar surface area (TPSA) is 33.3 Å². The first-order valence-corrected chi connectivity index (χ1v) is 7.91. The van der Waals surface area contributed by atoms with E-state index < -0.39 is 6.04 Å². The van der Waals surface area contributed by atoms with Crippen molar-refractivity contribution in [1.82, 2.24) is 0 Å². The van der Waals surface area contributed by atoms with Crippen LogP contribution in [0.3, 0.4) is 0 Å². The molecule has 23 heavy (non-hydrogen) atoms. The number of hydrogen-bond donors (Lipinski definition) is 0. The number of Topliss-reactive ketones (excluding diaryl/α,β-unsaturated/α-hetero) is 1. The molecular weight excluding hydrogens is 328 g/mol. The molecule has 0 N–H and O–H groups in total. The Balaban J connectivity index is 2.46. The van der Waals surface area contributed by atoms with Crippen molar-refractivity contribution < 1.29 is 9.36 Å². The van der Waals surface area contributed by atoms with Gasteiger partial charge in [-0.15, -0.1) is 6.58 Å². The molecule has 118 valence electrons. The van der Waals surface area contributed by atoms with Crippen molar-refractivity contribution in [2.75, 3.05) is 6.54 Å². The number of aliphatic imine (C=N–C) groups is 1. The maximum Gasteiger partial charge on any atom is 0.237 e. The van der Waals surface area contributed by atoms with Crippen LogP contribution in [0, 0.1) is 6.92 Å². The summed E-state index contributed by atoms with van der Waals surface area (Å²) in [5, 5.41) is 0.917. The number of benzene rings is 1. The summed E-state index contributed by atoms with van der Waals surface area (Å²) < 4.78 is 1.79. The third-order valence-corrected chi connectivity index (χ3v) is 3.86. The zero-order valence-electron chi connectivity index (χ0n) is 12.8. The number of aryl methyl sites for hydroxylation is 1. The van der Waals surface area contributed by atoms with Crippen LogP contribution in [0.1, 0.15) is 22.0 Å². The lowest BCUT2D eigenvalue weighted by molar-refractivity contribution is -0.692. The number of rotatable bonds is 6. The van der Waals surface area contributed by atoms with Crippen LogP contribution in [-0.4, -0.2) is 17.4 Å². The molecule has 0 aliphatic carbocycles. The molecule has 1 heterocycles. The van der Waals surface area contributed by atoms with E-state index in [-0.39, 0.29) is 5.78 Å². The van der Waals surface area contributed by atoms with Crippen molar-refractivity contribution >= 4 is 35.1 Å². The van der Waals surface area contributed by atoms with Crippen LogP contribution < -0.4 is 4.57 Å². The average molecular weight is 345 g/mol. The number of aromatic nitrogens is 1. The van der Waals surface area contributed by atoms with Gasteiger partial charge in [-0.05, 0) is 42.3 Å². The summed E-state index contributed by atoms with van der Waals surface area (Å²) in [5.41, 5.74) is 1.58. The first kappa shape index (κ1) is 17.3. The second kappa shape index (κ2) is 7.99. The zero-order chi connectivity index (χ0) is 16.8. The van der Waals surface area contributed by atoms with Gasteiger partial charge in [-0.1, -0.05) is 17.7 Å². The second-order valence-corrected chi connectivity index (χ2v) is 5.92. The molecule has 0 saturated carbocycles. The number of nitrogens with zero attached hydrogens (tertiary/aromatic N) is 2. The van der Waals surface area contributed by atoms with Crippen LogP contribution >= 0.6 is 11.6 Å². The van der Waals surface area contributed by atoms with Crippen LogP contribution in [0.25, 0.3) is 0 Å². The lowest BCUT2D eigenvalue weighted by Gasteiger charge is -2.18. The number of hydrogen-bond acceptors (Lipinski definition) is 3. The Morgan fingerprint density at radius 3 is 2.70 bits per heavy atom. The van der Waals surface area contributed by atoms with E-state index in [0.29, 0.717) is 22.2 Å². The van der Waals surface area contributed by atoms with Gasteiger partial charge in [-0.3, -0.25) is 4.79 Å². The Labute approximate surface area is 146 Å². The molecule has 0 saturated heterocycles. The minimum atomic E-state index is -0.661. The molecule has 0 amide bonds. The first-order chi connectivity index (χ1) is 11.0. The molecular formula is C18H17ClN2OS. The Kier molecular flexibility index (Phi) is 6.02. The van der Waals surface area contributed by atoms with Crippen LogP contribution in [0.15, 0.2) is 66.4 Å². The summed E-state index contributed by atoms with van der Waals surface area (Å²) in [7, 11) is 0. The van der Waals surface area contributed by atoms with Crippen molar-refractivity contribution in [3.05, 3.63) is 77.6 Å². The smallest absolute Gasteiger partial charge is 0.237 e. The number of pyridine rings is 1. The summed E-state index contributed by atoms with van der Waals surface area (Å²) in [6.45, 7) is 5.98. The van der Waals surface area contributed by atoms with Crippen LogP contribution in [-0.2, 0) is 12.6 Å². The highest BCUT2D eigenvalue weighted by Crippen LogP contribution is 2.15. The second-order valence-electron chi connectivity index (χ2n) is 5.07. The molecule has 2 rings (SSSR count). The van der Waals surface area contributed by atoms with Gasteiger partial charge in [0.25, 0.3) is 0 Å². The molecule has 0 aliphatic rings. The summed E-state index contributed by atoms with van der Waals surface area (Å²) in [6.07, 6.45) is 5.35. The molecule has 0 radical (unpaired) electrons. The van der Waals surface area contributed by atoms with Crippen LogP contribution in [0.5, 0.6) is 0 Å². The van der Waals surface area contributed by atoms with Gasteiger partial charge in [-0.25, -0.2) is 0 Å². The fraction of sp³-hybridized carbons (Fsp3) is 0.167. The SMILES string of the molecule is C=CCN=C([S-])[C@@H](C(=O)c1ccc(Cl)cc1)[n+]1cccc(C)c1. The van der Waals surface area contributed by atoms with E-state index in [1.165, 1.54) is 0 Å². The summed E-state index contributed by atoms with van der Waals surface area (Å²) >= 11 is 11.3. The summed E-state index contributed by atoms with van der Waals surface area (Å²) in [4.78, 5) is 17.2. The van der Waals surface area contributed by atoms with Crippen molar-refractivity contribution in [3.63, 3.8) is 0 Å². The van der Waals surface area contributed by atoms with E-state index in [1.54, 1.807) is 34.9 Å². The Morgan fingerprint density at radius 1 is 1.39 bits per heavy atom. The van der Waals surface area contributed by atoms with Crippen molar-refractivity contribution in [3.8, 4) is 0 Å². The van der Waals surface area contributed by atoms with Gasteiger partial charge in [0.05, 0.1) is 6.54 Å². The highest BCUT2D eigenvalue weighted by Gasteiger charge is 2.28. The average Bonchev–Trinajstić information content (AvgIpc) is 2.53. The fourth-order valence-corrected chi connectivity index (χ4v) is 2.59. The highest BCUT2D eigenvalue weighted by molar-refractivity contribution is 7.77. The van der Waals surface area contributed by atoms with Gasteiger partial charge in [0.15, 0.2) is 12.4 Å². The maximum absolute atomic E-state index is 12.9. The van der Waals surface area contributed by atoms with E-state index in [4.69, 9.17) is 24.2 Å². The normalized spacial score (nSPS) is 12.7. The van der Waals surface area contributed by atoms with Crippen LogP contribution in [0.4, 0.5) is 0 Å². The Hall–Kier alpha value is -2.04. The molecule has 0 bridgehead atoms. The molecule has 0 fully saturated rings. The molecule has 2 aromatic rings. The van der Waals surface area contributed by atoms with E-state index in [9.17, 15) is 4.79 Å². The van der Waals surface area contributed by atoms with Gasteiger partial charge >= 0.3 is 0 Å². The molecule has 0 unspecified atom stereocenters. The molecule has 5 heteroatoms. The van der Waals surface area contributed by atoms with Crippen molar-refractivity contribution in [1.29, 1.82) is 0 Å². The van der Waals surface area contributed by atoms with E-state index in [2.05, 4.69) is 11.6 Å². The lowest BCUT2D eigenvalue weighted by atomic mass is 10.0. The molecule has 1 aromatic carbocycles. The van der Waals surface area contributed by atoms with Crippen molar-refractivity contribution in [2.24, 2.45) is 4.99 Å². The first-order valence-electron chi connectivity index (χ1n) is 7.12. The summed E-state index contributed by atoms with van der Waals surface area (Å²) in [5.74, 6) is -0.116. The minimum Gasteiger partial charge on any atom is -0.758 e.